The Balaban J connectivity index is 1.51. The molecule has 4 heterocycles. The minimum atomic E-state index is -1.07. The summed E-state index contributed by atoms with van der Waals surface area (Å²) in [5.74, 6) is -3.02. The number of hydrogen-bond acceptors (Lipinski definition) is 9. The van der Waals surface area contributed by atoms with E-state index in [9.17, 15) is 24.0 Å². The molecule has 1 fully saturated rings. The molecule has 1 N–H and O–H groups in total. The first-order valence-electron chi connectivity index (χ1n) is 10.2. The highest BCUT2D eigenvalue weighted by Gasteiger charge is 2.45. The molecule has 3 aromatic rings. The lowest BCUT2D eigenvalue weighted by Crippen LogP contribution is -2.54. The van der Waals surface area contributed by atoms with Gasteiger partial charge in [-0.2, -0.15) is 0 Å². The zero-order chi connectivity index (χ0) is 24.0. The number of nitrogens with zero attached hydrogens (tertiary/aromatic N) is 5. The Morgan fingerprint density at radius 3 is 2.62 bits per heavy atom. The molecule has 0 saturated carbocycles. The molecule has 2 aliphatic heterocycles. The predicted octanol–water partition coefficient (Wildman–Crippen LogP) is 0.517. The van der Waals surface area contributed by atoms with Gasteiger partial charge in [-0.1, -0.05) is 17.3 Å². The molecule has 0 spiro atoms. The van der Waals surface area contributed by atoms with Gasteiger partial charge in [-0.05, 0) is 30.7 Å². The van der Waals surface area contributed by atoms with Crippen molar-refractivity contribution in [2.45, 2.75) is 18.9 Å². The number of amides is 4. The first kappa shape index (κ1) is 21.1. The smallest absolute Gasteiger partial charge is 0.356 e. The van der Waals surface area contributed by atoms with Crippen molar-refractivity contribution in [1.29, 1.82) is 0 Å². The van der Waals surface area contributed by atoms with E-state index in [0.29, 0.717) is 11.4 Å². The van der Waals surface area contributed by atoms with Gasteiger partial charge in [-0.3, -0.25) is 29.4 Å². The molecule has 4 amide bonds. The molecule has 0 aliphatic carbocycles. The van der Waals surface area contributed by atoms with Crippen molar-refractivity contribution in [2.24, 2.45) is 0 Å². The van der Waals surface area contributed by atoms with Gasteiger partial charge >= 0.3 is 5.97 Å². The van der Waals surface area contributed by atoms with Gasteiger partial charge in [0.2, 0.25) is 11.8 Å². The van der Waals surface area contributed by atoms with E-state index >= 15 is 0 Å². The quantitative estimate of drug-likeness (QED) is 0.433. The molecule has 34 heavy (non-hydrogen) atoms. The fourth-order valence-electron chi connectivity index (χ4n) is 3.98. The van der Waals surface area contributed by atoms with Gasteiger partial charge in [0.1, 0.15) is 17.4 Å². The third-order valence-electron chi connectivity index (χ3n) is 5.59. The SMILES string of the molecule is COC(=O)c1cccc(-c2cn(-c3cccc4c3C(=O)N(C3CCC(=O)NC3=O)C4=O)nn2)n1. The van der Waals surface area contributed by atoms with Crippen molar-refractivity contribution < 1.29 is 28.7 Å². The second-order valence-corrected chi connectivity index (χ2v) is 7.59. The monoisotopic (exact) mass is 460 g/mol. The van der Waals surface area contributed by atoms with Crippen LogP contribution in [-0.4, -0.2) is 67.6 Å². The maximum Gasteiger partial charge on any atom is 0.356 e. The number of rotatable bonds is 4. The van der Waals surface area contributed by atoms with Gasteiger partial charge in [-0.15, -0.1) is 5.10 Å². The van der Waals surface area contributed by atoms with E-state index in [0.717, 1.165) is 4.90 Å². The Kier molecular flexibility index (Phi) is 4.97. The minimum Gasteiger partial charge on any atom is -0.464 e. The van der Waals surface area contributed by atoms with Crippen molar-refractivity contribution in [1.82, 2.24) is 30.2 Å². The second-order valence-electron chi connectivity index (χ2n) is 7.59. The number of piperidine rings is 1. The average molecular weight is 460 g/mol. The molecule has 12 heteroatoms. The minimum absolute atomic E-state index is 0.0285. The number of aromatic nitrogens is 4. The third-order valence-corrected chi connectivity index (χ3v) is 5.59. The summed E-state index contributed by atoms with van der Waals surface area (Å²) < 4.78 is 6.00. The Morgan fingerprint density at radius 2 is 1.85 bits per heavy atom. The molecule has 0 radical (unpaired) electrons. The highest BCUT2D eigenvalue weighted by Crippen LogP contribution is 2.31. The number of carbonyl (C=O) groups excluding carboxylic acids is 5. The zero-order valence-corrected chi connectivity index (χ0v) is 17.7. The molecule has 170 valence electrons. The third kappa shape index (κ3) is 3.32. The van der Waals surface area contributed by atoms with E-state index in [4.69, 9.17) is 0 Å². The molecule has 2 aromatic heterocycles. The largest absolute Gasteiger partial charge is 0.464 e. The number of nitrogens with one attached hydrogen (secondary N) is 1. The summed E-state index contributed by atoms with van der Waals surface area (Å²) in [4.78, 5) is 66.9. The molecular formula is C22H16N6O6. The molecular weight excluding hydrogens is 444 g/mol. The summed E-state index contributed by atoms with van der Waals surface area (Å²) in [6.45, 7) is 0. The van der Waals surface area contributed by atoms with Crippen molar-refractivity contribution in [3.8, 4) is 17.1 Å². The second kappa shape index (κ2) is 7.99. The molecule has 0 bridgehead atoms. The molecule has 1 saturated heterocycles. The number of pyridine rings is 1. The normalized spacial score (nSPS) is 17.6. The van der Waals surface area contributed by atoms with E-state index in [1.807, 2.05) is 0 Å². The van der Waals surface area contributed by atoms with Crippen LogP contribution in [0.4, 0.5) is 0 Å². The number of carbonyl (C=O) groups is 5. The van der Waals surface area contributed by atoms with E-state index in [2.05, 4.69) is 25.3 Å². The lowest BCUT2D eigenvalue weighted by molar-refractivity contribution is -0.136. The van der Waals surface area contributed by atoms with Crippen molar-refractivity contribution in [3.05, 3.63) is 59.4 Å². The Bertz CT molecular complexity index is 1400. The van der Waals surface area contributed by atoms with Crippen LogP contribution in [0.5, 0.6) is 0 Å². The number of methoxy groups -OCH3 is 1. The van der Waals surface area contributed by atoms with E-state index < -0.39 is 35.6 Å². The molecule has 5 rings (SSSR count). The van der Waals surface area contributed by atoms with E-state index in [1.54, 1.807) is 24.3 Å². The number of benzene rings is 1. The average Bonchev–Trinajstić information content (AvgIpc) is 3.43. The van der Waals surface area contributed by atoms with Crippen LogP contribution >= 0.6 is 0 Å². The van der Waals surface area contributed by atoms with Gasteiger partial charge in [0.25, 0.3) is 11.8 Å². The van der Waals surface area contributed by atoms with Crippen LogP contribution in [-0.2, 0) is 14.3 Å². The summed E-state index contributed by atoms with van der Waals surface area (Å²) in [7, 11) is 1.25. The van der Waals surface area contributed by atoms with Crippen LogP contribution in [0.15, 0.2) is 42.6 Å². The standard InChI is InChI=1S/C22H16N6O6/c1-34-22(33)13-6-3-5-12(23-13)14-10-27(26-25-14)15-7-2-4-11-18(15)21(32)28(20(11)31)16-8-9-17(29)24-19(16)30/h2-7,10,16H,8-9H2,1H3,(H,24,29,30). The zero-order valence-electron chi connectivity index (χ0n) is 17.7. The molecule has 1 unspecified atom stereocenters. The van der Waals surface area contributed by atoms with Crippen LogP contribution in [0.3, 0.4) is 0 Å². The summed E-state index contributed by atoms with van der Waals surface area (Å²) >= 11 is 0. The molecule has 12 nitrogen and oxygen atoms in total. The van der Waals surface area contributed by atoms with Crippen molar-refractivity contribution in [2.75, 3.05) is 7.11 Å². The topological polar surface area (TPSA) is 153 Å². The van der Waals surface area contributed by atoms with Crippen LogP contribution in [0.2, 0.25) is 0 Å². The number of fused-ring (bicyclic) bond motifs is 1. The van der Waals surface area contributed by atoms with Crippen LogP contribution in [0.25, 0.3) is 17.1 Å². The summed E-state index contributed by atoms with van der Waals surface area (Å²) in [6.07, 6.45) is 1.59. The summed E-state index contributed by atoms with van der Waals surface area (Å²) in [5, 5.41) is 10.3. The van der Waals surface area contributed by atoms with Crippen LogP contribution in [0, 0.1) is 0 Å². The lowest BCUT2D eigenvalue weighted by atomic mass is 10.0. The van der Waals surface area contributed by atoms with E-state index in [1.165, 1.54) is 30.1 Å². The highest BCUT2D eigenvalue weighted by atomic mass is 16.5. The maximum absolute atomic E-state index is 13.3. The molecule has 1 atom stereocenters. The predicted molar refractivity (Wildman–Crippen MR) is 113 cm³/mol. The Morgan fingerprint density at radius 1 is 1.06 bits per heavy atom. The number of esters is 1. The van der Waals surface area contributed by atoms with E-state index in [-0.39, 0.29) is 35.3 Å². The van der Waals surface area contributed by atoms with Crippen LogP contribution < -0.4 is 5.32 Å². The van der Waals surface area contributed by atoms with Crippen molar-refractivity contribution in [3.63, 3.8) is 0 Å². The number of hydrogen-bond donors (Lipinski definition) is 1. The number of ether oxygens (including phenoxy) is 1. The number of imide groups is 2. The molecule has 2 aliphatic rings. The fourth-order valence-corrected chi connectivity index (χ4v) is 3.98. The maximum atomic E-state index is 13.3. The Hall–Kier alpha value is -4.74. The van der Waals surface area contributed by atoms with Gasteiger partial charge in [-0.25, -0.2) is 14.5 Å². The van der Waals surface area contributed by atoms with Gasteiger partial charge in [0, 0.05) is 6.42 Å². The first-order chi connectivity index (χ1) is 16.4. The summed E-state index contributed by atoms with van der Waals surface area (Å²) in [5.41, 5.74) is 1.25. The Labute approximate surface area is 191 Å². The van der Waals surface area contributed by atoms with Gasteiger partial charge < -0.3 is 4.74 Å². The van der Waals surface area contributed by atoms with Gasteiger partial charge in [0.05, 0.1) is 35.8 Å². The van der Waals surface area contributed by atoms with Crippen LogP contribution in [0.1, 0.15) is 44.0 Å². The van der Waals surface area contributed by atoms with Crippen molar-refractivity contribution >= 4 is 29.6 Å². The lowest BCUT2D eigenvalue weighted by Gasteiger charge is -2.27. The molecule has 1 aromatic carbocycles. The fraction of sp³-hybridized carbons (Fsp3) is 0.182. The highest BCUT2D eigenvalue weighted by molar-refractivity contribution is 6.24. The summed E-state index contributed by atoms with van der Waals surface area (Å²) in [6, 6.07) is 8.35. The van der Waals surface area contributed by atoms with Gasteiger partial charge in [0.15, 0.2) is 0 Å². The first-order valence-corrected chi connectivity index (χ1v) is 10.2.